The number of nitro groups is 1. The number of non-ortho nitro benzene ring substituents is 1. The Morgan fingerprint density at radius 1 is 1.45 bits per heavy atom. The van der Waals surface area contributed by atoms with Crippen molar-refractivity contribution < 1.29 is 22.0 Å². The van der Waals surface area contributed by atoms with Gasteiger partial charge in [0.05, 0.1) is 4.92 Å². The number of nitrogens with two attached hydrogens (primary N) is 1. The second kappa shape index (κ2) is 3.95. The van der Waals surface area contributed by atoms with Crippen LogP contribution in [-0.2, 0) is 17.1 Å². The van der Waals surface area contributed by atoms with E-state index in [0.29, 0.717) is 5.69 Å². The fourth-order valence-corrected chi connectivity index (χ4v) is 0.638. The van der Waals surface area contributed by atoms with Crippen LogP contribution in [0.4, 0.5) is 11.4 Å². The third kappa shape index (κ3) is 2.57. The fraction of sp³-hybridized carbons (Fsp3) is 0. The van der Waals surface area contributed by atoms with Crippen LogP contribution >= 0.6 is 0 Å². The van der Waals surface area contributed by atoms with E-state index in [-0.39, 0.29) is 22.8 Å². The number of rotatable bonds is 1. The first-order valence-electron chi connectivity index (χ1n) is 2.70. The van der Waals surface area contributed by atoms with Gasteiger partial charge in [-0.05, 0) is 6.07 Å². The first-order valence-corrected chi connectivity index (χ1v) is 2.70. The summed E-state index contributed by atoms with van der Waals surface area (Å²) < 4.78 is 0. The van der Waals surface area contributed by atoms with Crippen molar-refractivity contribution in [2.45, 2.75) is 0 Å². The third-order valence-electron chi connectivity index (χ3n) is 1.08. The van der Waals surface area contributed by atoms with Crippen LogP contribution in [0.15, 0.2) is 24.3 Å². The molecule has 1 aromatic rings. The maximum atomic E-state index is 10.1. The Morgan fingerprint density at radius 2 is 2.09 bits per heavy atom. The van der Waals surface area contributed by atoms with Gasteiger partial charge in [-0.25, -0.2) is 0 Å². The first kappa shape index (κ1) is 9.94. The third-order valence-corrected chi connectivity index (χ3v) is 1.08. The molecule has 0 aliphatic rings. The van der Waals surface area contributed by atoms with Crippen LogP contribution in [0.5, 0.6) is 0 Å². The topological polar surface area (TPSA) is 69.2 Å². The van der Waals surface area contributed by atoms with Crippen molar-refractivity contribution >= 4 is 11.4 Å². The summed E-state index contributed by atoms with van der Waals surface area (Å²) in [4.78, 5) is 9.63. The normalized spacial score (nSPS) is 8.36. The number of nitrogens with zero attached hydrogens (tertiary/aromatic N) is 1. The summed E-state index contributed by atoms with van der Waals surface area (Å²) in [6.45, 7) is 0. The Hall–Kier alpha value is -1.06. The van der Waals surface area contributed by atoms with Crippen LogP contribution in [0.3, 0.4) is 0 Å². The summed E-state index contributed by atoms with van der Waals surface area (Å²) in [5.41, 5.74) is 5.73. The SMILES string of the molecule is Nc1cccc([N+](=O)[O-])c1.[Fe]. The van der Waals surface area contributed by atoms with Gasteiger partial charge >= 0.3 is 0 Å². The zero-order valence-corrected chi connectivity index (χ0v) is 6.61. The second-order valence-corrected chi connectivity index (χ2v) is 1.85. The predicted molar refractivity (Wildman–Crippen MR) is 37.5 cm³/mol. The summed E-state index contributed by atoms with van der Waals surface area (Å²) in [7, 11) is 0. The standard InChI is InChI=1S/C6H6N2O2.Fe/c7-5-2-1-3-6(4-5)8(9)10;/h1-4H,7H2;. The molecule has 0 saturated carbocycles. The van der Waals surface area contributed by atoms with Crippen LogP contribution < -0.4 is 5.73 Å². The van der Waals surface area contributed by atoms with Crippen molar-refractivity contribution in [2.75, 3.05) is 5.73 Å². The summed E-state index contributed by atoms with van der Waals surface area (Å²) in [6, 6.07) is 5.87. The molecule has 60 valence electrons. The van der Waals surface area contributed by atoms with Crippen molar-refractivity contribution in [1.29, 1.82) is 0 Å². The van der Waals surface area contributed by atoms with Crippen LogP contribution in [0.2, 0.25) is 0 Å². The van der Waals surface area contributed by atoms with Crippen molar-refractivity contribution in [1.82, 2.24) is 0 Å². The van der Waals surface area contributed by atoms with E-state index < -0.39 is 4.92 Å². The average molecular weight is 194 g/mol. The van der Waals surface area contributed by atoms with E-state index in [1.165, 1.54) is 12.1 Å². The van der Waals surface area contributed by atoms with Crippen molar-refractivity contribution in [3.05, 3.63) is 34.4 Å². The Kier molecular flexibility index (Phi) is 3.57. The molecule has 11 heavy (non-hydrogen) atoms. The predicted octanol–water partition coefficient (Wildman–Crippen LogP) is 1.17. The quantitative estimate of drug-likeness (QED) is 0.315. The number of hydrogen-bond acceptors (Lipinski definition) is 3. The summed E-state index contributed by atoms with van der Waals surface area (Å²) in [5.74, 6) is 0. The molecule has 4 nitrogen and oxygen atoms in total. The van der Waals surface area contributed by atoms with Gasteiger partial charge in [-0.15, -0.1) is 0 Å². The summed E-state index contributed by atoms with van der Waals surface area (Å²) >= 11 is 0. The zero-order chi connectivity index (χ0) is 7.56. The molecule has 0 fully saturated rings. The fourth-order valence-electron chi connectivity index (χ4n) is 0.638. The summed E-state index contributed by atoms with van der Waals surface area (Å²) in [6.07, 6.45) is 0. The molecule has 5 heteroatoms. The molecule has 0 atom stereocenters. The molecule has 0 unspecified atom stereocenters. The minimum atomic E-state index is -0.476. The minimum absolute atomic E-state index is 0. The van der Waals surface area contributed by atoms with Crippen molar-refractivity contribution in [3.8, 4) is 0 Å². The van der Waals surface area contributed by atoms with Gasteiger partial charge in [0.1, 0.15) is 0 Å². The van der Waals surface area contributed by atoms with E-state index in [9.17, 15) is 10.1 Å². The molecule has 0 saturated heterocycles. The maximum absolute atomic E-state index is 10.1. The van der Waals surface area contributed by atoms with Crippen LogP contribution in [0.25, 0.3) is 0 Å². The Morgan fingerprint density at radius 3 is 2.45 bits per heavy atom. The van der Waals surface area contributed by atoms with Gasteiger partial charge in [0.2, 0.25) is 0 Å². The smallest absolute Gasteiger partial charge is 0.271 e. The Labute approximate surface area is 74.0 Å². The van der Waals surface area contributed by atoms with E-state index >= 15 is 0 Å². The zero-order valence-electron chi connectivity index (χ0n) is 5.50. The van der Waals surface area contributed by atoms with E-state index in [2.05, 4.69) is 0 Å². The largest absolute Gasteiger partial charge is 0.399 e. The molecule has 0 aliphatic carbocycles. The molecule has 0 radical (unpaired) electrons. The van der Waals surface area contributed by atoms with Gasteiger partial charge in [-0.1, -0.05) is 6.07 Å². The van der Waals surface area contributed by atoms with Gasteiger partial charge in [0.25, 0.3) is 5.69 Å². The van der Waals surface area contributed by atoms with E-state index in [1.54, 1.807) is 12.1 Å². The van der Waals surface area contributed by atoms with Gasteiger partial charge in [0, 0.05) is 34.9 Å². The molecule has 2 N–H and O–H groups in total. The molecular formula is C6H6FeN2O2. The summed E-state index contributed by atoms with van der Waals surface area (Å²) in [5, 5.41) is 10.1. The molecule has 1 rings (SSSR count). The van der Waals surface area contributed by atoms with E-state index in [1.807, 2.05) is 0 Å². The molecule has 0 amide bonds. The number of anilines is 1. The minimum Gasteiger partial charge on any atom is -0.399 e. The first-order chi connectivity index (χ1) is 4.70. The monoisotopic (exact) mass is 194 g/mol. The van der Waals surface area contributed by atoms with Crippen LogP contribution in [0.1, 0.15) is 0 Å². The van der Waals surface area contributed by atoms with Gasteiger partial charge < -0.3 is 5.73 Å². The second-order valence-electron chi connectivity index (χ2n) is 1.85. The van der Waals surface area contributed by atoms with Crippen LogP contribution in [-0.4, -0.2) is 4.92 Å². The van der Waals surface area contributed by atoms with Crippen molar-refractivity contribution in [3.63, 3.8) is 0 Å². The molecule has 0 aromatic heterocycles. The van der Waals surface area contributed by atoms with Crippen molar-refractivity contribution in [2.24, 2.45) is 0 Å². The van der Waals surface area contributed by atoms with E-state index in [0.717, 1.165) is 0 Å². The molecule has 0 heterocycles. The van der Waals surface area contributed by atoms with E-state index in [4.69, 9.17) is 5.73 Å². The molecule has 0 bridgehead atoms. The number of nitrogen functional groups attached to an aromatic ring is 1. The number of hydrogen-bond donors (Lipinski definition) is 1. The Bertz CT molecular complexity index is 265. The van der Waals surface area contributed by atoms with Gasteiger partial charge in [-0.2, -0.15) is 0 Å². The van der Waals surface area contributed by atoms with Gasteiger partial charge in [0.15, 0.2) is 0 Å². The van der Waals surface area contributed by atoms with Crippen LogP contribution in [0, 0.1) is 10.1 Å². The number of benzene rings is 1. The molecule has 1 aromatic carbocycles. The maximum Gasteiger partial charge on any atom is 0.271 e. The molecule has 0 aliphatic heterocycles. The Balaban J connectivity index is 0.000001000. The van der Waals surface area contributed by atoms with Gasteiger partial charge in [-0.3, -0.25) is 10.1 Å². The average Bonchev–Trinajstić information content (AvgIpc) is 1.88. The molecular weight excluding hydrogens is 188 g/mol. The molecule has 0 spiro atoms. The number of nitro benzene ring substituents is 1.